The average molecular weight is 277 g/mol. The van der Waals surface area contributed by atoms with E-state index in [0.29, 0.717) is 24.3 Å². The molecule has 1 saturated heterocycles. The molecule has 1 aliphatic heterocycles. The number of thioether (sulfide) groups is 1. The van der Waals surface area contributed by atoms with Crippen molar-refractivity contribution in [3.63, 3.8) is 0 Å². The van der Waals surface area contributed by atoms with Crippen molar-refractivity contribution < 1.29 is 8.42 Å². The minimum Gasteiger partial charge on any atom is -0.370 e. The zero-order valence-corrected chi connectivity index (χ0v) is 11.6. The number of guanidine groups is 1. The Bertz CT molecular complexity index is 404. The molecule has 0 spiro atoms. The molecule has 1 aliphatic carbocycles. The van der Waals surface area contributed by atoms with Crippen molar-refractivity contribution in [2.24, 2.45) is 10.7 Å². The van der Waals surface area contributed by atoms with Gasteiger partial charge in [-0.1, -0.05) is 6.92 Å². The molecule has 2 aliphatic rings. The number of sulfone groups is 1. The third-order valence-electron chi connectivity index (χ3n) is 3.06. The van der Waals surface area contributed by atoms with Gasteiger partial charge in [0, 0.05) is 23.8 Å². The van der Waals surface area contributed by atoms with Crippen LogP contribution in [0.5, 0.6) is 0 Å². The lowest BCUT2D eigenvalue weighted by molar-refractivity contribution is 0.403. The number of nitrogens with zero attached hydrogens (tertiary/aromatic N) is 2. The van der Waals surface area contributed by atoms with Gasteiger partial charge in [-0.25, -0.2) is 13.4 Å². The Morgan fingerprint density at radius 3 is 2.82 bits per heavy atom. The summed E-state index contributed by atoms with van der Waals surface area (Å²) < 4.78 is 24.0. The first-order valence-corrected chi connectivity index (χ1v) is 8.81. The molecule has 1 unspecified atom stereocenters. The Labute approximate surface area is 107 Å². The summed E-state index contributed by atoms with van der Waals surface area (Å²) in [6.07, 6.45) is 2.16. The van der Waals surface area contributed by atoms with Crippen LogP contribution in [0.25, 0.3) is 0 Å². The molecule has 0 bridgehead atoms. The van der Waals surface area contributed by atoms with Crippen LogP contribution in [0.1, 0.15) is 19.8 Å². The highest BCUT2D eigenvalue weighted by Gasteiger charge is 2.34. The zero-order valence-electron chi connectivity index (χ0n) is 10.0. The first-order valence-electron chi connectivity index (χ1n) is 5.94. The smallest absolute Gasteiger partial charge is 0.192 e. The lowest BCUT2D eigenvalue weighted by Gasteiger charge is -2.35. The van der Waals surface area contributed by atoms with Crippen LogP contribution in [0.15, 0.2) is 4.99 Å². The molecule has 17 heavy (non-hydrogen) atoms. The minimum absolute atomic E-state index is 0.158. The van der Waals surface area contributed by atoms with E-state index in [1.165, 1.54) is 0 Å². The van der Waals surface area contributed by atoms with E-state index in [1.807, 2.05) is 0 Å². The molecule has 0 radical (unpaired) electrons. The zero-order chi connectivity index (χ0) is 12.5. The molecular weight excluding hydrogens is 258 g/mol. The Balaban J connectivity index is 2.17. The molecule has 2 fully saturated rings. The largest absolute Gasteiger partial charge is 0.370 e. The summed E-state index contributed by atoms with van der Waals surface area (Å²) in [4.78, 5) is 6.13. The molecule has 2 N–H and O–H groups in total. The highest BCUT2D eigenvalue weighted by Crippen LogP contribution is 2.25. The molecule has 98 valence electrons. The Hall–Kier alpha value is -0.430. The predicted molar refractivity (Wildman–Crippen MR) is 71.9 cm³/mol. The number of aliphatic imine (C=N–C) groups is 1. The predicted octanol–water partition coefficient (Wildman–Crippen LogP) is 0.273. The van der Waals surface area contributed by atoms with Gasteiger partial charge >= 0.3 is 0 Å². The van der Waals surface area contributed by atoms with Crippen LogP contribution < -0.4 is 5.73 Å². The molecule has 1 heterocycles. The van der Waals surface area contributed by atoms with Gasteiger partial charge in [0.2, 0.25) is 0 Å². The second kappa shape index (κ2) is 5.06. The normalized spacial score (nSPS) is 27.2. The van der Waals surface area contributed by atoms with Crippen molar-refractivity contribution in [2.45, 2.75) is 31.2 Å². The number of hydrogen-bond donors (Lipinski definition) is 1. The Kier molecular flexibility index (Phi) is 3.87. The highest BCUT2D eigenvalue weighted by atomic mass is 32.2. The molecule has 0 aromatic carbocycles. The van der Waals surface area contributed by atoms with Crippen LogP contribution in [-0.4, -0.2) is 54.5 Å². The van der Waals surface area contributed by atoms with Gasteiger partial charge in [0.15, 0.2) is 15.8 Å². The minimum atomic E-state index is -3.09. The van der Waals surface area contributed by atoms with E-state index in [1.54, 1.807) is 23.6 Å². The summed E-state index contributed by atoms with van der Waals surface area (Å²) >= 11 is 1.67. The fourth-order valence-electron chi connectivity index (χ4n) is 1.80. The Morgan fingerprint density at radius 2 is 2.24 bits per heavy atom. The third-order valence-corrected chi connectivity index (χ3v) is 6.35. The van der Waals surface area contributed by atoms with Crippen LogP contribution in [0, 0.1) is 0 Å². The monoisotopic (exact) mass is 277 g/mol. The van der Waals surface area contributed by atoms with Gasteiger partial charge in [-0.3, -0.25) is 0 Å². The van der Waals surface area contributed by atoms with E-state index in [4.69, 9.17) is 5.73 Å². The lowest BCUT2D eigenvalue weighted by Crippen LogP contribution is -2.53. The van der Waals surface area contributed by atoms with Gasteiger partial charge in [0.1, 0.15) is 5.37 Å². The highest BCUT2D eigenvalue weighted by molar-refractivity contribution is 8.01. The number of hydrogen-bond acceptors (Lipinski definition) is 4. The van der Waals surface area contributed by atoms with E-state index in [9.17, 15) is 8.42 Å². The van der Waals surface area contributed by atoms with Crippen molar-refractivity contribution in [1.82, 2.24) is 4.90 Å². The SMILES string of the molecule is CCS(=O)(=O)C1CSCCN1C(N)=NC1CC1. The topological polar surface area (TPSA) is 75.8 Å². The standard InChI is InChI=1S/C10H19N3O2S2/c1-2-17(14,15)9-7-16-6-5-13(9)10(11)12-8-3-4-8/h8-9H,2-7H2,1H3,(H2,11,12). The molecular formula is C10H19N3O2S2. The van der Waals surface area contributed by atoms with Gasteiger partial charge in [-0.05, 0) is 12.8 Å². The summed E-state index contributed by atoms with van der Waals surface area (Å²) in [5.74, 6) is 2.08. The molecule has 0 amide bonds. The first kappa shape index (κ1) is 13.0. The first-order chi connectivity index (χ1) is 8.04. The lowest BCUT2D eigenvalue weighted by atomic mass is 10.5. The van der Waals surface area contributed by atoms with Gasteiger partial charge in [-0.15, -0.1) is 0 Å². The molecule has 7 heteroatoms. The van der Waals surface area contributed by atoms with Crippen LogP contribution in [0.3, 0.4) is 0 Å². The quantitative estimate of drug-likeness (QED) is 0.592. The van der Waals surface area contributed by atoms with Gasteiger partial charge in [0.25, 0.3) is 0 Å². The third kappa shape index (κ3) is 3.07. The molecule has 1 atom stereocenters. The van der Waals surface area contributed by atoms with Crippen molar-refractivity contribution in [1.29, 1.82) is 0 Å². The summed E-state index contributed by atoms with van der Waals surface area (Å²) in [5.41, 5.74) is 5.93. The summed E-state index contributed by atoms with van der Waals surface area (Å²) in [7, 11) is -3.09. The summed E-state index contributed by atoms with van der Waals surface area (Å²) in [6.45, 7) is 2.36. The summed E-state index contributed by atoms with van der Waals surface area (Å²) in [6, 6.07) is 0.328. The molecule has 1 saturated carbocycles. The maximum Gasteiger partial charge on any atom is 0.192 e. The van der Waals surface area contributed by atoms with Crippen LogP contribution in [-0.2, 0) is 9.84 Å². The Morgan fingerprint density at radius 1 is 1.53 bits per heavy atom. The second-order valence-corrected chi connectivity index (χ2v) is 7.99. The number of nitrogens with two attached hydrogens (primary N) is 1. The number of rotatable bonds is 3. The average Bonchev–Trinajstić information content (AvgIpc) is 3.13. The van der Waals surface area contributed by atoms with Crippen LogP contribution in [0.2, 0.25) is 0 Å². The van der Waals surface area contributed by atoms with Crippen molar-refractivity contribution >= 4 is 27.6 Å². The maximum atomic E-state index is 12.0. The van der Waals surface area contributed by atoms with Crippen LogP contribution >= 0.6 is 11.8 Å². The molecule has 5 nitrogen and oxygen atoms in total. The van der Waals surface area contributed by atoms with E-state index < -0.39 is 15.2 Å². The van der Waals surface area contributed by atoms with Gasteiger partial charge < -0.3 is 10.6 Å². The fraction of sp³-hybridized carbons (Fsp3) is 0.900. The molecule has 0 aromatic heterocycles. The van der Waals surface area contributed by atoms with Gasteiger partial charge in [0.05, 0.1) is 6.04 Å². The fourth-order valence-corrected chi connectivity index (χ4v) is 4.78. The van der Waals surface area contributed by atoms with Crippen molar-refractivity contribution in [3.05, 3.63) is 0 Å². The van der Waals surface area contributed by atoms with Crippen molar-refractivity contribution in [3.8, 4) is 0 Å². The summed E-state index contributed by atoms with van der Waals surface area (Å²) in [5, 5.41) is -0.492. The van der Waals surface area contributed by atoms with E-state index in [0.717, 1.165) is 18.6 Å². The molecule has 2 rings (SSSR count). The van der Waals surface area contributed by atoms with Gasteiger partial charge in [-0.2, -0.15) is 11.8 Å². The second-order valence-electron chi connectivity index (χ2n) is 4.39. The van der Waals surface area contributed by atoms with E-state index in [-0.39, 0.29) is 5.75 Å². The van der Waals surface area contributed by atoms with Crippen LogP contribution in [0.4, 0.5) is 0 Å². The van der Waals surface area contributed by atoms with Crippen molar-refractivity contribution in [2.75, 3.05) is 23.8 Å². The maximum absolute atomic E-state index is 12.0. The van der Waals surface area contributed by atoms with E-state index in [2.05, 4.69) is 4.99 Å². The molecule has 0 aromatic rings. The van der Waals surface area contributed by atoms with E-state index >= 15 is 0 Å².